The highest BCUT2D eigenvalue weighted by atomic mass is 32.2. The van der Waals surface area contributed by atoms with Crippen LogP contribution < -0.4 is 0 Å². The summed E-state index contributed by atoms with van der Waals surface area (Å²) >= 11 is 1.99. The molecule has 0 aromatic heterocycles. The highest BCUT2D eigenvalue weighted by Crippen LogP contribution is 2.22. The van der Waals surface area contributed by atoms with Crippen LogP contribution in [0.25, 0.3) is 0 Å². The van der Waals surface area contributed by atoms with E-state index in [1.54, 1.807) is 0 Å². The average molecular weight is 204 g/mol. The van der Waals surface area contributed by atoms with Crippen molar-refractivity contribution in [3.63, 3.8) is 0 Å². The van der Waals surface area contributed by atoms with Crippen LogP contribution in [-0.2, 0) is 9.47 Å². The Morgan fingerprint density at radius 1 is 1.23 bits per heavy atom. The van der Waals surface area contributed by atoms with Gasteiger partial charge in [0.15, 0.2) is 6.29 Å². The Hall–Kier alpha value is 0.270. The van der Waals surface area contributed by atoms with Crippen LogP contribution in [0.2, 0.25) is 0 Å². The first-order valence-corrected chi connectivity index (χ1v) is 6.04. The predicted octanol–water partition coefficient (Wildman–Crippen LogP) is 2.53. The maximum Gasteiger partial charge on any atom is 0.158 e. The average Bonchev–Trinajstić information content (AvgIpc) is 2.48. The van der Waals surface area contributed by atoms with Gasteiger partial charge in [-0.1, -0.05) is 20.8 Å². The van der Waals surface area contributed by atoms with Crippen LogP contribution in [0, 0.1) is 5.41 Å². The molecule has 1 aliphatic rings. The van der Waals surface area contributed by atoms with Crippen molar-refractivity contribution in [3.05, 3.63) is 0 Å². The summed E-state index contributed by atoms with van der Waals surface area (Å²) in [5.41, 5.74) is 0.433. The van der Waals surface area contributed by atoms with E-state index < -0.39 is 0 Å². The fourth-order valence-corrected chi connectivity index (χ4v) is 2.25. The third-order valence-corrected chi connectivity index (χ3v) is 3.32. The monoisotopic (exact) mass is 204 g/mol. The maximum absolute atomic E-state index is 5.35. The van der Waals surface area contributed by atoms with E-state index in [0.717, 1.165) is 25.4 Å². The zero-order chi connectivity index (χ0) is 9.73. The quantitative estimate of drug-likeness (QED) is 0.656. The predicted molar refractivity (Wildman–Crippen MR) is 57.1 cm³/mol. The second-order valence-electron chi connectivity index (χ2n) is 4.57. The van der Waals surface area contributed by atoms with Gasteiger partial charge < -0.3 is 9.47 Å². The lowest BCUT2D eigenvalue weighted by Gasteiger charge is -2.17. The number of hydrogen-bond acceptors (Lipinski definition) is 3. The van der Waals surface area contributed by atoms with E-state index in [4.69, 9.17) is 9.47 Å². The van der Waals surface area contributed by atoms with Gasteiger partial charge in [-0.3, -0.25) is 0 Å². The van der Waals surface area contributed by atoms with E-state index in [2.05, 4.69) is 20.8 Å². The largest absolute Gasteiger partial charge is 0.350 e. The summed E-state index contributed by atoms with van der Waals surface area (Å²) in [6.07, 6.45) is 1.10. The molecule has 1 saturated heterocycles. The van der Waals surface area contributed by atoms with Gasteiger partial charge in [0, 0.05) is 6.42 Å². The molecular formula is C10H20O2S. The SMILES string of the molecule is CC(C)(C)CSCCC1OCCO1. The van der Waals surface area contributed by atoms with E-state index in [1.165, 1.54) is 5.75 Å². The van der Waals surface area contributed by atoms with E-state index in [-0.39, 0.29) is 6.29 Å². The summed E-state index contributed by atoms with van der Waals surface area (Å²) in [5.74, 6) is 2.35. The molecule has 0 aliphatic carbocycles. The van der Waals surface area contributed by atoms with E-state index in [1.807, 2.05) is 11.8 Å². The first-order chi connectivity index (χ1) is 6.08. The molecule has 0 bridgehead atoms. The van der Waals surface area contributed by atoms with Gasteiger partial charge in [0.1, 0.15) is 0 Å². The second-order valence-corrected chi connectivity index (χ2v) is 5.68. The zero-order valence-corrected chi connectivity index (χ0v) is 9.65. The lowest BCUT2D eigenvalue weighted by molar-refractivity contribution is -0.0421. The highest BCUT2D eigenvalue weighted by Gasteiger charge is 2.16. The zero-order valence-electron chi connectivity index (χ0n) is 8.84. The van der Waals surface area contributed by atoms with Crippen LogP contribution in [0.1, 0.15) is 27.2 Å². The molecule has 0 radical (unpaired) electrons. The molecule has 13 heavy (non-hydrogen) atoms. The Morgan fingerprint density at radius 2 is 1.85 bits per heavy atom. The van der Waals surface area contributed by atoms with Crippen LogP contribution >= 0.6 is 11.8 Å². The molecule has 1 aliphatic heterocycles. The van der Waals surface area contributed by atoms with Crippen LogP contribution in [0.3, 0.4) is 0 Å². The van der Waals surface area contributed by atoms with Gasteiger partial charge >= 0.3 is 0 Å². The molecule has 2 nitrogen and oxygen atoms in total. The van der Waals surface area contributed by atoms with Crippen molar-refractivity contribution in [2.75, 3.05) is 24.7 Å². The number of hydrogen-bond donors (Lipinski definition) is 0. The third-order valence-electron chi connectivity index (χ3n) is 1.72. The number of thioether (sulfide) groups is 1. The maximum atomic E-state index is 5.35. The van der Waals surface area contributed by atoms with Crippen LogP contribution in [0.4, 0.5) is 0 Å². The Balaban J connectivity index is 1.94. The third kappa shape index (κ3) is 5.55. The van der Waals surface area contributed by atoms with Gasteiger partial charge in [0.2, 0.25) is 0 Å². The molecule has 3 heteroatoms. The molecule has 0 spiro atoms. The van der Waals surface area contributed by atoms with Crippen molar-refractivity contribution < 1.29 is 9.47 Å². The molecule has 78 valence electrons. The molecule has 0 atom stereocenters. The summed E-state index contributed by atoms with van der Waals surface area (Å²) in [5, 5.41) is 0. The van der Waals surface area contributed by atoms with E-state index in [9.17, 15) is 0 Å². The molecule has 0 unspecified atom stereocenters. The minimum absolute atomic E-state index is 0.0764. The molecule has 0 aromatic rings. The molecule has 1 rings (SSSR count). The van der Waals surface area contributed by atoms with Crippen LogP contribution in [0.5, 0.6) is 0 Å². The lowest BCUT2D eigenvalue weighted by atomic mass is 10.0. The van der Waals surface area contributed by atoms with E-state index in [0.29, 0.717) is 5.41 Å². The minimum atomic E-state index is 0.0764. The van der Waals surface area contributed by atoms with Gasteiger partial charge in [-0.05, 0) is 16.9 Å². The summed E-state index contributed by atoms with van der Waals surface area (Å²) in [4.78, 5) is 0. The van der Waals surface area contributed by atoms with Gasteiger partial charge in [-0.25, -0.2) is 0 Å². The van der Waals surface area contributed by atoms with Gasteiger partial charge in [0.25, 0.3) is 0 Å². The van der Waals surface area contributed by atoms with Crippen molar-refractivity contribution in [1.29, 1.82) is 0 Å². The number of rotatable bonds is 4. The molecule has 1 heterocycles. The van der Waals surface area contributed by atoms with Crippen LogP contribution in [0.15, 0.2) is 0 Å². The summed E-state index contributed by atoms with van der Waals surface area (Å²) < 4.78 is 10.7. The minimum Gasteiger partial charge on any atom is -0.350 e. The standard InChI is InChI=1S/C10H20O2S/c1-10(2,3)8-13-7-4-9-11-5-6-12-9/h9H,4-8H2,1-3H3. The molecule has 0 aromatic carbocycles. The molecular weight excluding hydrogens is 184 g/mol. The molecule has 0 amide bonds. The smallest absolute Gasteiger partial charge is 0.158 e. The van der Waals surface area contributed by atoms with Crippen molar-refractivity contribution in [2.45, 2.75) is 33.5 Å². The Bertz CT molecular complexity index is 136. The topological polar surface area (TPSA) is 18.5 Å². The molecule has 1 fully saturated rings. The Labute approximate surface area is 85.4 Å². The molecule has 0 saturated carbocycles. The Morgan fingerprint density at radius 3 is 2.38 bits per heavy atom. The Kier molecular flexibility index (Phi) is 4.56. The van der Waals surface area contributed by atoms with E-state index >= 15 is 0 Å². The van der Waals surface area contributed by atoms with Gasteiger partial charge in [-0.2, -0.15) is 11.8 Å². The fraction of sp³-hybridized carbons (Fsp3) is 1.00. The van der Waals surface area contributed by atoms with Crippen molar-refractivity contribution in [2.24, 2.45) is 5.41 Å². The van der Waals surface area contributed by atoms with Crippen LogP contribution in [-0.4, -0.2) is 31.0 Å². The number of ether oxygens (including phenoxy) is 2. The highest BCUT2D eigenvalue weighted by molar-refractivity contribution is 7.99. The lowest BCUT2D eigenvalue weighted by Crippen LogP contribution is -2.12. The van der Waals surface area contributed by atoms with Crippen molar-refractivity contribution in [1.82, 2.24) is 0 Å². The first kappa shape index (κ1) is 11.3. The first-order valence-electron chi connectivity index (χ1n) is 4.89. The van der Waals surface area contributed by atoms with Crippen molar-refractivity contribution in [3.8, 4) is 0 Å². The normalized spacial score (nSPS) is 19.6. The summed E-state index contributed by atoms with van der Waals surface area (Å²) in [6, 6.07) is 0. The van der Waals surface area contributed by atoms with Crippen molar-refractivity contribution >= 4 is 11.8 Å². The molecule has 0 N–H and O–H groups in total. The van der Waals surface area contributed by atoms with Gasteiger partial charge in [-0.15, -0.1) is 0 Å². The van der Waals surface area contributed by atoms with Gasteiger partial charge in [0.05, 0.1) is 13.2 Å². The summed E-state index contributed by atoms with van der Waals surface area (Å²) in [6.45, 7) is 8.34. The second kappa shape index (κ2) is 5.23. The fourth-order valence-electron chi connectivity index (χ4n) is 1.13. The summed E-state index contributed by atoms with van der Waals surface area (Å²) in [7, 11) is 0.